The van der Waals surface area contributed by atoms with Crippen molar-refractivity contribution in [2.45, 2.75) is 44.9 Å². The highest BCUT2D eigenvalue weighted by Gasteiger charge is 2.48. The van der Waals surface area contributed by atoms with Gasteiger partial charge in [-0.1, -0.05) is 44.2 Å². The maximum absolute atomic E-state index is 13.2. The molecule has 2 saturated heterocycles. The Balaban J connectivity index is 1.49. The standard InChI is InChI=1S/C22H25N3O4S/c1-13(2)10-15(22(28)25-9-8-18-19(25)17(26)11-29-18)23-20(27)16-12-30-21(24-16)14-6-4-3-5-7-14/h3-7,12-13,15,18-19H,8-11H2,1-2H3,(H,23,27). The van der Waals surface area contributed by atoms with Crippen molar-refractivity contribution in [3.63, 3.8) is 0 Å². The van der Waals surface area contributed by atoms with E-state index in [1.54, 1.807) is 10.3 Å². The number of nitrogens with one attached hydrogen (secondary N) is 1. The van der Waals surface area contributed by atoms with Gasteiger partial charge in [0, 0.05) is 17.5 Å². The zero-order valence-electron chi connectivity index (χ0n) is 17.0. The molecule has 158 valence electrons. The number of ether oxygens (including phenoxy) is 1. The molecule has 2 amide bonds. The molecule has 2 fully saturated rings. The number of thiazole rings is 1. The Kier molecular flexibility index (Phi) is 5.97. The van der Waals surface area contributed by atoms with Crippen LogP contribution in [0.1, 0.15) is 37.2 Å². The van der Waals surface area contributed by atoms with Crippen LogP contribution in [0.2, 0.25) is 0 Å². The zero-order valence-corrected chi connectivity index (χ0v) is 17.9. The third-order valence-electron chi connectivity index (χ3n) is 5.46. The van der Waals surface area contributed by atoms with Gasteiger partial charge in [-0.15, -0.1) is 11.3 Å². The number of nitrogens with zero attached hydrogens (tertiary/aromatic N) is 2. The quantitative estimate of drug-likeness (QED) is 0.765. The number of likely N-dealkylation sites (tertiary alicyclic amines) is 1. The van der Waals surface area contributed by atoms with Crippen LogP contribution in [0, 0.1) is 5.92 Å². The van der Waals surface area contributed by atoms with E-state index in [9.17, 15) is 14.4 Å². The Hall–Kier alpha value is -2.58. The van der Waals surface area contributed by atoms with Gasteiger partial charge in [-0.25, -0.2) is 4.98 Å². The molecule has 3 atom stereocenters. The number of carbonyl (C=O) groups excluding carboxylic acids is 3. The fourth-order valence-electron chi connectivity index (χ4n) is 4.06. The average molecular weight is 428 g/mol. The Labute approximate surface area is 179 Å². The van der Waals surface area contributed by atoms with Crippen LogP contribution in [-0.4, -0.2) is 58.8 Å². The Morgan fingerprint density at radius 2 is 2.07 bits per heavy atom. The number of Topliss-reactive ketones (excluding diaryl/α,β-unsaturated/α-hetero) is 1. The first-order valence-corrected chi connectivity index (χ1v) is 11.1. The SMILES string of the molecule is CC(C)CC(NC(=O)c1csc(-c2ccccc2)n1)C(=O)N1CCC2OCC(=O)C21. The summed E-state index contributed by atoms with van der Waals surface area (Å²) in [7, 11) is 0. The Morgan fingerprint density at radius 3 is 2.80 bits per heavy atom. The molecule has 3 heterocycles. The Morgan fingerprint density at radius 1 is 1.30 bits per heavy atom. The van der Waals surface area contributed by atoms with Crippen molar-refractivity contribution in [1.82, 2.24) is 15.2 Å². The van der Waals surface area contributed by atoms with Crippen LogP contribution in [0.5, 0.6) is 0 Å². The lowest BCUT2D eigenvalue weighted by Gasteiger charge is -2.28. The third kappa shape index (κ3) is 4.15. The van der Waals surface area contributed by atoms with Gasteiger partial charge in [0.05, 0.1) is 6.10 Å². The molecule has 0 saturated carbocycles. The van der Waals surface area contributed by atoms with Gasteiger partial charge in [0.25, 0.3) is 5.91 Å². The molecule has 2 aromatic rings. The third-order valence-corrected chi connectivity index (χ3v) is 6.35. The molecule has 7 nitrogen and oxygen atoms in total. The van der Waals surface area contributed by atoms with Crippen molar-refractivity contribution < 1.29 is 19.1 Å². The minimum Gasteiger partial charge on any atom is -0.368 e. The molecule has 8 heteroatoms. The first-order chi connectivity index (χ1) is 14.4. The van der Waals surface area contributed by atoms with Crippen molar-refractivity contribution in [1.29, 1.82) is 0 Å². The number of aromatic nitrogens is 1. The molecule has 0 radical (unpaired) electrons. The number of carbonyl (C=O) groups is 3. The lowest BCUT2D eigenvalue weighted by molar-refractivity contribution is -0.138. The summed E-state index contributed by atoms with van der Waals surface area (Å²) in [5.74, 6) is -0.463. The summed E-state index contributed by atoms with van der Waals surface area (Å²) in [4.78, 5) is 44.3. The second kappa shape index (κ2) is 8.65. The van der Waals surface area contributed by atoms with Gasteiger partial charge in [-0.05, 0) is 18.8 Å². The molecule has 3 unspecified atom stereocenters. The first-order valence-electron chi connectivity index (χ1n) is 10.2. The van der Waals surface area contributed by atoms with Crippen LogP contribution >= 0.6 is 11.3 Å². The fraction of sp³-hybridized carbons (Fsp3) is 0.455. The number of rotatable bonds is 6. The second-order valence-electron chi connectivity index (χ2n) is 8.14. The van der Waals surface area contributed by atoms with Crippen LogP contribution in [0.25, 0.3) is 10.6 Å². The van der Waals surface area contributed by atoms with Crippen molar-refractivity contribution in [2.75, 3.05) is 13.2 Å². The molecule has 2 aliphatic heterocycles. The van der Waals surface area contributed by atoms with Crippen molar-refractivity contribution in [3.05, 3.63) is 41.4 Å². The first kappa shape index (κ1) is 20.7. The molecule has 0 spiro atoms. The maximum Gasteiger partial charge on any atom is 0.271 e. The van der Waals surface area contributed by atoms with E-state index in [2.05, 4.69) is 10.3 Å². The molecule has 1 N–H and O–H groups in total. The normalized spacial score (nSPS) is 21.7. The van der Waals surface area contributed by atoms with Gasteiger partial charge in [-0.3, -0.25) is 14.4 Å². The van der Waals surface area contributed by atoms with Crippen LogP contribution in [-0.2, 0) is 14.3 Å². The number of benzene rings is 1. The molecule has 4 rings (SSSR count). The summed E-state index contributed by atoms with van der Waals surface area (Å²) in [6, 6.07) is 8.43. The van der Waals surface area contributed by atoms with E-state index in [-0.39, 0.29) is 36.2 Å². The van der Waals surface area contributed by atoms with Crippen molar-refractivity contribution in [2.24, 2.45) is 5.92 Å². The molecule has 0 bridgehead atoms. The summed E-state index contributed by atoms with van der Waals surface area (Å²) in [6.07, 6.45) is 0.920. The van der Waals surface area contributed by atoms with E-state index in [1.807, 2.05) is 44.2 Å². The molecule has 30 heavy (non-hydrogen) atoms. The molecule has 1 aromatic heterocycles. The van der Waals surface area contributed by atoms with Crippen molar-refractivity contribution in [3.8, 4) is 10.6 Å². The maximum atomic E-state index is 13.2. The summed E-state index contributed by atoms with van der Waals surface area (Å²) in [5.41, 5.74) is 1.24. The predicted octanol–water partition coefficient (Wildman–Crippen LogP) is 2.52. The van der Waals surface area contributed by atoms with E-state index in [1.165, 1.54) is 11.3 Å². The van der Waals surface area contributed by atoms with E-state index in [4.69, 9.17) is 4.74 Å². The zero-order chi connectivity index (χ0) is 21.3. The number of fused-ring (bicyclic) bond motifs is 1. The monoisotopic (exact) mass is 427 g/mol. The largest absolute Gasteiger partial charge is 0.368 e. The van der Waals surface area contributed by atoms with Crippen LogP contribution in [0.15, 0.2) is 35.7 Å². The topological polar surface area (TPSA) is 88.6 Å². The van der Waals surface area contributed by atoms with Gasteiger partial charge in [0.1, 0.15) is 29.4 Å². The van der Waals surface area contributed by atoms with Gasteiger partial charge in [0.15, 0.2) is 5.78 Å². The Bertz CT molecular complexity index is 943. The highest BCUT2D eigenvalue weighted by Crippen LogP contribution is 2.28. The van der Waals surface area contributed by atoms with Crippen LogP contribution in [0.4, 0.5) is 0 Å². The number of ketones is 1. The van der Waals surface area contributed by atoms with E-state index >= 15 is 0 Å². The summed E-state index contributed by atoms with van der Waals surface area (Å²) >= 11 is 1.39. The average Bonchev–Trinajstić information content (AvgIpc) is 3.45. The van der Waals surface area contributed by atoms with Gasteiger partial charge < -0.3 is 15.0 Å². The summed E-state index contributed by atoms with van der Waals surface area (Å²) in [5, 5.41) is 5.32. The van der Waals surface area contributed by atoms with Gasteiger partial charge >= 0.3 is 0 Å². The van der Waals surface area contributed by atoms with Crippen molar-refractivity contribution >= 4 is 28.9 Å². The summed E-state index contributed by atoms with van der Waals surface area (Å²) in [6.45, 7) is 4.53. The molecular weight excluding hydrogens is 402 g/mol. The minimum atomic E-state index is -0.702. The minimum absolute atomic E-state index is 0.0570. The highest BCUT2D eigenvalue weighted by atomic mass is 32.1. The number of hydrogen-bond donors (Lipinski definition) is 1. The number of hydrogen-bond acceptors (Lipinski definition) is 6. The second-order valence-corrected chi connectivity index (χ2v) is 9.00. The van der Waals surface area contributed by atoms with Gasteiger partial charge in [0.2, 0.25) is 5.91 Å². The van der Waals surface area contributed by atoms with E-state index in [0.717, 1.165) is 10.6 Å². The van der Waals surface area contributed by atoms with Crippen LogP contribution in [0.3, 0.4) is 0 Å². The highest BCUT2D eigenvalue weighted by molar-refractivity contribution is 7.13. The van der Waals surface area contributed by atoms with E-state index < -0.39 is 12.1 Å². The molecule has 1 aromatic carbocycles. The summed E-state index contributed by atoms with van der Waals surface area (Å²) < 4.78 is 5.49. The predicted molar refractivity (Wildman–Crippen MR) is 113 cm³/mol. The smallest absolute Gasteiger partial charge is 0.271 e. The number of amides is 2. The van der Waals surface area contributed by atoms with E-state index in [0.29, 0.717) is 25.1 Å². The molecular formula is C22H25N3O4S. The molecule has 2 aliphatic rings. The van der Waals surface area contributed by atoms with Gasteiger partial charge in [-0.2, -0.15) is 0 Å². The fourth-order valence-corrected chi connectivity index (χ4v) is 4.86. The lowest BCUT2D eigenvalue weighted by atomic mass is 10.0. The van der Waals surface area contributed by atoms with Crippen LogP contribution < -0.4 is 5.32 Å². The molecule has 0 aliphatic carbocycles. The lowest BCUT2D eigenvalue weighted by Crippen LogP contribution is -2.52.